The maximum absolute atomic E-state index is 14.4. The minimum atomic E-state index is -3.83. The van der Waals surface area contributed by atoms with Crippen molar-refractivity contribution in [2.75, 3.05) is 0 Å². The van der Waals surface area contributed by atoms with Crippen molar-refractivity contribution < 1.29 is 31.4 Å². The van der Waals surface area contributed by atoms with Gasteiger partial charge in [0, 0.05) is 0 Å². The standard InChI is InChI=1S/C23H25F5O2/c1-2-3-15-4-6-16(7-5-15)17-8-11-19(12-9-17)30-23(27,28)18-10-13-21(20(24)14-18)29-22(25)26/h8-16,22H,2-7H2,1H3. The zero-order valence-electron chi connectivity index (χ0n) is 16.7. The smallest absolute Gasteiger partial charge is 0.426 e. The molecule has 0 radical (unpaired) electrons. The van der Waals surface area contributed by atoms with Crippen molar-refractivity contribution in [2.45, 2.75) is 64.1 Å². The third-order valence-electron chi connectivity index (χ3n) is 5.63. The van der Waals surface area contributed by atoms with Crippen molar-refractivity contribution in [3.63, 3.8) is 0 Å². The van der Waals surface area contributed by atoms with Gasteiger partial charge in [-0.1, -0.05) is 31.9 Å². The molecule has 2 aromatic rings. The van der Waals surface area contributed by atoms with Gasteiger partial charge in [0.2, 0.25) is 0 Å². The van der Waals surface area contributed by atoms with Gasteiger partial charge in [0.25, 0.3) is 0 Å². The Balaban J connectivity index is 1.64. The van der Waals surface area contributed by atoms with E-state index < -0.39 is 29.9 Å². The van der Waals surface area contributed by atoms with E-state index in [2.05, 4.69) is 11.7 Å². The lowest BCUT2D eigenvalue weighted by atomic mass is 9.77. The first-order valence-corrected chi connectivity index (χ1v) is 10.2. The van der Waals surface area contributed by atoms with Crippen LogP contribution >= 0.6 is 0 Å². The second-order valence-electron chi connectivity index (χ2n) is 7.72. The molecule has 2 aromatic carbocycles. The molecule has 0 atom stereocenters. The van der Waals surface area contributed by atoms with Gasteiger partial charge in [0.1, 0.15) is 5.75 Å². The van der Waals surface area contributed by atoms with E-state index in [4.69, 9.17) is 4.74 Å². The molecule has 1 fully saturated rings. The van der Waals surface area contributed by atoms with E-state index in [0.29, 0.717) is 12.0 Å². The summed E-state index contributed by atoms with van der Waals surface area (Å²) >= 11 is 0. The summed E-state index contributed by atoms with van der Waals surface area (Å²) in [7, 11) is 0. The minimum Gasteiger partial charge on any atom is -0.432 e. The highest BCUT2D eigenvalue weighted by molar-refractivity contribution is 5.33. The van der Waals surface area contributed by atoms with Gasteiger partial charge in [-0.05, 0) is 73.4 Å². The lowest BCUT2D eigenvalue weighted by molar-refractivity contribution is -0.185. The van der Waals surface area contributed by atoms with E-state index in [-0.39, 0.29) is 5.75 Å². The number of hydrogen-bond donors (Lipinski definition) is 0. The van der Waals surface area contributed by atoms with Crippen molar-refractivity contribution in [1.82, 2.24) is 0 Å². The van der Waals surface area contributed by atoms with Gasteiger partial charge in [0.05, 0.1) is 5.56 Å². The summed E-state index contributed by atoms with van der Waals surface area (Å²) in [5.74, 6) is -0.973. The monoisotopic (exact) mass is 428 g/mol. The molecule has 0 spiro atoms. The quantitative estimate of drug-likeness (QED) is 0.403. The van der Waals surface area contributed by atoms with Crippen LogP contribution in [0.1, 0.15) is 62.5 Å². The van der Waals surface area contributed by atoms with Gasteiger partial charge in [-0.2, -0.15) is 17.6 Å². The van der Waals surface area contributed by atoms with E-state index in [1.165, 1.54) is 37.8 Å². The molecule has 0 amide bonds. The highest BCUT2D eigenvalue weighted by Gasteiger charge is 2.35. The second-order valence-corrected chi connectivity index (χ2v) is 7.72. The molecule has 0 aromatic heterocycles. The molecule has 0 aliphatic heterocycles. The molecule has 0 N–H and O–H groups in total. The maximum atomic E-state index is 14.4. The molecule has 0 heterocycles. The SMILES string of the molecule is CCCC1CCC(c2ccc(OC(F)(F)c3ccc(OC(F)F)c(F)c3)cc2)CC1. The number of alkyl halides is 4. The van der Waals surface area contributed by atoms with Crippen molar-refractivity contribution in [3.8, 4) is 11.5 Å². The van der Waals surface area contributed by atoms with E-state index in [0.717, 1.165) is 36.5 Å². The summed E-state index contributed by atoms with van der Waals surface area (Å²) in [6.07, 6.45) is 3.17. The van der Waals surface area contributed by atoms with E-state index in [1.54, 1.807) is 12.1 Å². The molecule has 1 aliphatic rings. The summed E-state index contributed by atoms with van der Waals surface area (Å²) < 4.78 is 75.6. The fourth-order valence-electron chi connectivity index (χ4n) is 4.08. The molecule has 0 saturated heterocycles. The van der Waals surface area contributed by atoms with Gasteiger partial charge in [-0.15, -0.1) is 0 Å². The molecular formula is C23H25F5O2. The van der Waals surface area contributed by atoms with Crippen LogP contribution in [0.25, 0.3) is 0 Å². The normalized spacial score (nSPS) is 19.7. The second kappa shape index (κ2) is 9.67. The van der Waals surface area contributed by atoms with Crippen LogP contribution in [0.3, 0.4) is 0 Å². The van der Waals surface area contributed by atoms with Crippen LogP contribution in [0.4, 0.5) is 22.0 Å². The Morgan fingerprint density at radius 1 is 1.00 bits per heavy atom. The fourth-order valence-corrected chi connectivity index (χ4v) is 4.08. The van der Waals surface area contributed by atoms with Crippen LogP contribution in [-0.4, -0.2) is 6.61 Å². The predicted octanol–water partition coefficient (Wildman–Crippen LogP) is 7.63. The van der Waals surface area contributed by atoms with Crippen LogP contribution in [-0.2, 0) is 6.11 Å². The Morgan fingerprint density at radius 3 is 2.23 bits per heavy atom. The number of halogens is 5. The highest BCUT2D eigenvalue weighted by atomic mass is 19.3. The molecule has 164 valence electrons. The molecule has 1 aliphatic carbocycles. The summed E-state index contributed by atoms with van der Waals surface area (Å²) in [5.41, 5.74) is 0.306. The minimum absolute atomic E-state index is 0.0586. The molecule has 1 saturated carbocycles. The molecule has 0 bridgehead atoms. The highest BCUT2D eigenvalue weighted by Crippen LogP contribution is 2.39. The van der Waals surface area contributed by atoms with E-state index in [9.17, 15) is 22.0 Å². The van der Waals surface area contributed by atoms with Crippen LogP contribution in [0.5, 0.6) is 11.5 Å². The molecule has 0 unspecified atom stereocenters. The Hall–Kier alpha value is -2.31. The van der Waals surface area contributed by atoms with Crippen molar-refractivity contribution in [3.05, 3.63) is 59.4 Å². The van der Waals surface area contributed by atoms with Crippen LogP contribution in [0, 0.1) is 11.7 Å². The van der Waals surface area contributed by atoms with E-state index >= 15 is 0 Å². The number of benzene rings is 2. The summed E-state index contributed by atoms with van der Waals surface area (Å²) in [6.45, 7) is -1.05. The van der Waals surface area contributed by atoms with Gasteiger partial charge < -0.3 is 9.47 Å². The molecule has 2 nitrogen and oxygen atoms in total. The number of hydrogen-bond acceptors (Lipinski definition) is 2. The van der Waals surface area contributed by atoms with Gasteiger partial charge in [0.15, 0.2) is 11.6 Å². The first-order valence-electron chi connectivity index (χ1n) is 10.2. The summed E-state index contributed by atoms with van der Waals surface area (Å²) in [5, 5.41) is 0. The van der Waals surface area contributed by atoms with Crippen molar-refractivity contribution in [2.24, 2.45) is 5.92 Å². The zero-order valence-corrected chi connectivity index (χ0v) is 16.7. The maximum Gasteiger partial charge on any atom is 0.426 e. The Bertz CT molecular complexity index is 815. The van der Waals surface area contributed by atoms with Crippen LogP contribution in [0.2, 0.25) is 0 Å². The Morgan fingerprint density at radius 2 is 1.67 bits per heavy atom. The Labute approximate surface area is 173 Å². The lowest BCUT2D eigenvalue weighted by Crippen LogP contribution is -2.22. The topological polar surface area (TPSA) is 18.5 Å². The third kappa shape index (κ3) is 5.64. The van der Waals surface area contributed by atoms with Crippen LogP contribution in [0.15, 0.2) is 42.5 Å². The fraction of sp³-hybridized carbons (Fsp3) is 0.478. The van der Waals surface area contributed by atoms with Crippen LogP contribution < -0.4 is 9.47 Å². The summed E-state index contributed by atoms with van der Waals surface area (Å²) in [6, 6.07) is 8.49. The average Bonchev–Trinajstić information content (AvgIpc) is 2.70. The molecule has 7 heteroatoms. The zero-order chi connectivity index (χ0) is 21.7. The average molecular weight is 428 g/mol. The lowest BCUT2D eigenvalue weighted by Gasteiger charge is -2.28. The molecular weight excluding hydrogens is 403 g/mol. The first-order chi connectivity index (χ1) is 14.3. The van der Waals surface area contributed by atoms with E-state index in [1.807, 2.05) is 0 Å². The van der Waals surface area contributed by atoms with Gasteiger partial charge in [-0.25, -0.2) is 4.39 Å². The largest absolute Gasteiger partial charge is 0.432 e. The number of ether oxygens (including phenoxy) is 2. The van der Waals surface area contributed by atoms with Crippen molar-refractivity contribution in [1.29, 1.82) is 0 Å². The molecule has 3 rings (SSSR count). The van der Waals surface area contributed by atoms with Gasteiger partial charge >= 0.3 is 12.7 Å². The van der Waals surface area contributed by atoms with Gasteiger partial charge in [-0.3, -0.25) is 0 Å². The number of rotatable bonds is 8. The summed E-state index contributed by atoms with van der Waals surface area (Å²) in [4.78, 5) is 0. The first kappa shape index (κ1) is 22.4. The Kier molecular flexibility index (Phi) is 7.21. The molecule has 30 heavy (non-hydrogen) atoms. The van der Waals surface area contributed by atoms with Crippen molar-refractivity contribution >= 4 is 0 Å². The third-order valence-corrected chi connectivity index (χ3v) is 5.63. The predicted molar refractivity (Wildman–Crippen MR) is 104 cm³/mol.